The van der Waals surface area contributed by atoms with Gasteiger partial charge in [0.1, 0.15) is 29.7 Å². The number of hydrogen-bond acceptors (Lipinski definition) is 2. The van der Waals surface area contributed by atoms with E-state index in [0.717, 1.165) is 34.9 Å². The normalized spacial score (nSPS) is 10.8. The van der Waals surface area contributed by atoms with Gasteiger partial charge in [-0.25, -0.2) is 17.6 Å². The molecular formula is C21H15F4NO2. The number of ether oxygens (including phenoxy) is 1. The van der Waals surface area contributed by atoms with Gasteiger partial charge in [-0.3, -0.25) is 9.36 Å². The lowest BCUT2D eigenvalue weighted by Crippen LogP contribution is -2.22. The van der Waals surface area contributed by atoms with E-state index in [-0.39, 0.29) is 29.2 Å². The molecule has 0 atom stereocenters. The maximum atomic E-state index is 14.3. The van der Waals surface area contributed by atoms with Gasteiger partial charge in [0.2, 0.25) is 0 Å². The van der Waals surface area contributed by atoms with E-state index in [1.54, 1.807) is 0 Å². The van der Waals surface area contributed by atoms with Crippen molar-refractivity contribution in [2.75, 3.05) is 0 Å². The monoisotopic (exact) mass is 389 g/mol. The van der Waals surface area contributed by atoms with Crippen LogP contribution in [0.2, 0.25) is 0 Å². The van der Waals surface area contributed by atoms with Crippen molar-refractivity contribution in [1.29, 1.82) is 0 Å². The van der Waals surface area contributed by atoms with E-state index < -0.39 is 34.5 Å². The van der Waals surface area contributed by atoms with Crippen LogP contribution >= 0.6 is 0 Å². The van der Waals surface area contributed by atoms with Gasteiger partial charge in [-0.05, 0) is 36.8 Å². The van der Waals surface area contributed by atoms with E-state index in [4.69, 9.17) is 4.74 Å². The van der Waals surface area contributed by atoms with Gasteiger partial charge in [-0.2, -0.15) is 0 Å². The predicted molar refractivity (Wildman–Crippen MR) is 97.5 cm³/mol. The molecule has 2 aromatic carbocycles. The summed E-state index contributed by atoms with van der Waals surface area (Å²) in [5.41, 5.74) is -0.680. The molecule has 0 spiro atoms. The molecule has 3 rings (SSSR count). The lowest BCUT2D eigenvalue weighted by atomic mass is 10.1. The number of aromatic nitrogens is 1. The molecule has 0 bridgehead atoms. The van der Waals surface area contributed by atoms with E-state index in [0.29, 0.717) is 0 Å². The molecule has 144 valence electrons. The minimum atomic E-state index is -0.915. The number of rotatable bonds is 5. The lowest BCUT2D eigenvalue weighted by Gasteiger charge is -2.14. The van der Waals surface area contributed by atoms with Crippen LogP contribution in [0.5, 0.6) is 5.75 Å². The molecule has 1 aromatic heterocycles. The summed E-state index contributed by atoms with van der Waals surface area (Å²) in [5.74, 6) is -3.24. The van der Waals surface area contributed by atoms with E-state index >= 15 is 0 Å². The molecule has 3 nitrogen and oxygen atoms in total. The van der Waals surface area contributed by atoms with Gasteiger partial charge in [-0.1, -0.05) is 12.7 Å². The Labute approximate surface area is 158 Å². The van der Waals surface area contributed by atoms with Crippen molar-refractivity contribution in [2.45, 2.75) is 13.5 Å². The summed E-state index contributed by atoms with van der Waals surface area (Å²) < 4.78 is 61.6. The van der Waals surface area contributed by atoms with Crippen LogP contribution in [0, 0.1) is 30.2 Å². The molecule has 0 N–H and O–H groups in total. The molecule has 0 aliphatic heterocycles. The van der Waals surface area contributed by atoms with Crippen LogP contribution in [-0.2, 0) is 6.61 Å². The van der Waals surface area contributed by atoms with Crippen molar-refractivity contribution in [2.24, 2.45) is 0 Å². The number of benzene rings is 2. The highest BCUT2D eigenvalue weighted by molar-refractivity contribution is 5.52. The molecule has 3 aromatic rings. The first-order valence-electron chi connectivity index (χ1n) is 8.22. The maximum absolute atomic E-state index is 14.3. The Morgan fingerprint density at radius 3 is 2.25 bits per heavy atom. The Morgan fingerprint density at radius 2 is 1.68 bits per heavy atom. The highest BCUT2D eigenvalue weighted by Gasteiger charge is 2.17. The van der Waals surface area contributed by atoms with Crippen LogP contribution in [0.4, 0.5) is 17.6 Å². The molecular weight excluding hydrogens is 374 g/mol. The number of hydrogen-bond donors (Lipinski definition) is 0. The summed E-state index contributed by atoms with van der Waals surface area (Å²) in [6.07, 6.45) is 1.29. The molecule has 0 saturated carbocycles. The molecule has 0 aliphatic rings. The van der Waals surface area contributed by atoms with Gasteiger partial charge in [-0.15, -0.1) is 0 Å². The Morgan fingerprint density at radius 1 is 1.00 bits per heavy atom. The van der Waals surface area contributed by atoms with E-state index in [1.165, 1.54) is 25.1 Å². The van der Waals surface area contributed by atoms with Crippen LogP contribution in [0.15, 0.2) is 53.8 Å². The Bertz CT molecular complexity index is 1100. The van der Waals surface area contributed by atoms with Gasteiger partial charge >= 0.3 is 0 Å². The summed E-state index contributed by atoms with van der Waals surface area (Å²) in [5, 5.41) is 0. The van der Waals surface area contributed by atoms with Crippen LogP contribution in [0.1, 0.15) is 16.8 Å². The quantitative estimate of drug-likeness (QED) is 0.580. The zero-order valence-electron chi connectivity index (χ0n) is 14.8. The van der Waals surface area contributed by atoms with Crippen LogP contribution in [-0.4, -0.2) is 4.57 Å². The average molecular weight is 389 g/mol. The van der Waals surface area contributed by atoms with E-state index in [9.17, 15) is 22.4 Å². The fourth-order valence-corrected chi connectivity index (χ4v) is 2.76. The number of aryl methyl sites for hydroxylation is 1. The molecule has 0 unspecified atom stereocenters. The minimum absolute atomic E-state index is 0.0889. The second-order valence-corrected chi connectivity index (χ2v) is 6.07. The summed E-state index contributed by atoms with van der Waals surface area (Å²) in [4.78, 5) is 12.4. The zero-order chi connectivity index (χ0) is 20.4. The average Bonchev–Trinajstić information content (AvgIpc) is 2.62. The molecule has 0 radical (unpaired) electrons. The fourth-order valence-electron chi connectivity index (χ4n) is 2.76. The van der Waals surface area contributed by atoms with Gasteiger partial charge in [0.05, 0.1) is 0 Å². The molecule has 0 saturated heterocycles. The minimum Gasteiger partial charge on any atom is -0.489 e. The van der Waals surface area contributed by atoms with Crippen molar-refractivity contribution in [3.63, 3.8) is 0 Å². The molecule has 1 heterocycles. The summed E-state index contributed by atoms with van der Waals surface area (Å²) in [6, 6.07) is 7.60. The standard InChI is InChI=1S/C21H15F4NO2/c1-3-13-7-18(24)21(19(25)8-13)26-12(2)6-16(10-20(26)27)28-11-14-4-5-15(22)9-17(14)23/h3-10H,1,11H2,2H3. The van der Waals surface area contributed by atoms with Crippen molar-refractivity contribution >= 4 is 6.08 Å². The molecule has 0 amide bonds. The largest absolute Gasteiger partial charge is 0.489 e. The van der Waals surface area contributed by atoms with Crippen molar-refractivity contribution in [3.05, 3.63) is 99.5 Å². The summed E-state index contributed by atoms with van der Waals surface area (Å²) in [7, 11) is 0. The smallest absolute Gasteiger partial charge is 0.259 e. The highest BCUT2D eigenvalue weighted by Crippen LogP contribution is 2.22. The molecule has 0 aliphatic carbocycles. The topological polar surface area (TPSA) is 31.2 Å². The summed E-state index contributed by atoms with van der Waals surface area (Å²) >= 11 is 0. The summed E-state index contributed by atoms with van der Waals surface area (Å²) in [6.45, 7) is 4.69. The molecule has 28 heavy (non-hydrogen) atoms. The van der Waals surface area contributed by atoms with Crippen molar-refractivity contribution < 1.29 is 22.3 Å². The molecule has 7 heteroatoms. The van der Waals surface area contributed by atoms with Crippen LogP contribution < -0.4 is 10.3 Å². The second kappa shape index (κ2) is 7.72. The Balaban J connectivity index is 1.94. The van der Waals surface area contributed by atoms with Crippen molar-refractivity contribution in [1.82, 2.24) is 4.57 Å². The van der Waals surface area contributed by atoms with Crippen molar-refractivity contribution in [3.8, 4) is 11.4 Å². The zero-order valence-corrected chi connectivity index (χ0v) is 14.8. The van der Waals surface area contributed by atoms with E-state index in [1.807, 2.05) is 0 Å². The fraction of sp³-hybridized carbons (Fsp3) is 0.0952. The first kappa shape index (κ1) is 19.4. The van der Waals surface area contributed by atoms with Gasteiger partial charge < -0.3 is 4.74 Å². The Hall–Kier alpha value is -3.35. The third kappa shape index (κ3) is 3.83. The van der Waals surface area contributed by atoms with Gasteiger partial charge in [0, 0.05) is 29.5 Å². The first-order chi connectivity index (χ1) is 13.3. The number of pyridine rings is 1. The van der Waals surface area contributed by atoms with Gasteiger partial charge in [0.25, 0.3) is 5.56 Å². The number of halogens is 4. The van der Waals surface area contributed by atoms with Gasteiger partial charge in [0.15, 0.2) is 11.6 Å². The van der Waals surface area contributed by atoms with Crippen LogP contribution in [0.3, 0.4) is 0 Å². The predicted octanol–water partition coefficient (Wildman–Crippen LogP) is 4.92. The third-order valence-electron chi connectivity index (χ3n) is 4.10. The first-order valence-corrected chi connectivity index (χ1v) is 8.22. The number of nitrogens with zero attached hydrogens (tertiary/aromatic N) is 1. The Kier molecular flexibility index (Phi) is 5.35. The SMILES string of the molecule is C=Cc1cc(F)c(-n2c(C)cc(OCc3ccc(F)cc3F)cc2=O)c(F)c1. The third-order valence-corrected chi connectivity index (χ3v) is 4.10. The van der Waals surface area contributed by atoms with Crippen LogP contribution in [0.25, 0.3) is 11.8 Å². The highest BCUT2D eigenvalue weighted by atomic mass is 19.1. The lowest BCUT2D eigenvalue weighted by molar-refractivity contribution is 0.298. The molecule has 0 fully saturated rings. The van der Waals surface area contributed by atoms with E-state index in [2.05, 4.69) is 6.58 Å². The second-order valence-electron chi connectivity index (χ2n) is 6.07. The maximum Gasteiger partial charge on any atom is 0.259 e.